The van der Waals surface area contributed by atoms with E-state index in [1.54, 1.807) is 12.1 Å². The molecule has 0 saturated heterocycles. The van der Waals surface area contributed by atoms with Gasteiger partial charge < -0.3 is 11.1 Å². The van der Waals surface area contributed by atoms with E-state index in [1.165, 1.54) is 23.5 Å². The second-order valence-corrected chi connectivity index (χ2v) is 9.16. The molecule has 0 radical (unpaired) electrons. The number of nitrogen functional groups attached to an aromatic ring is 1. The number of fused-ring (bicyclic) bond motifs is 2. The number of aromatic nitrogens is 1. The van der Waals surface area contributed by atoms with Crippen molar-refractivity contribution in [3.8, 4) is 0 Å². The van der Waals surface area contributed by atoms with Crippen LogP contribution in [0.15, 0.2) is 24.3 Å². The summed E-state index contributed by atoms with van der Waals surface area (Å²) in [6, 6.07) is 5.97. The van der Waals surface area contributed by atoms with Gasteiger partial charge in [0.25, 0.3) is 5.91 Å². The number of carbonyl (C=O) groups is 2. The Labute approximate surface area is 172 Å². The van der Waals surface area contributed by atoms with Crippen LogP contribution in [0.2, 0.25) is 0 Å². The largest absolute Gasteiger partial charge is 0.397 e. The zero-order valence-electron chi connectivity index (χ0n) is 16.6. The van der Waals surface area contributed by atoms with Crippen LogP contribution in [-0.2, 0) is 12.8 Å². The minimum absolute atomic E-state index is 0.0745. The number of hydrogen-bond donors (Lipinski definition) is 2. The van der Waals surface area contributed by atoms with Gasteiger partial charge in [-0.15, -0.1) is 11.3 Å². The van der Waals surface area contributed by atoms with Crippen molar-refractivity contribution >= 4 is 44.6 Å². The second-order valence-electron chi connectivity index (χ2n) is 8.17. The van der Waals surface area contributed by atoms with E-state index in [9.17, 15) is 14.0 Å². The standard InChI is InChI=1S/C22H22FN3O2S/c1-4-11-16-14(9-22(2,3)10-15(16)27)26-21-17(11)18(24)19(29-21)20(28)25-13-8-6-5-7-12(13)23/h5-8H,4,9-10,24H2,1-3H3,(H,25,28). The predicted octanol–water partition coefficient (Wildman–Crippen LogP) is 4.99. The molecule has 1 aliphatic carbocycles. The Bertz CT molecular complexity index is 1170. The summed E-state index contributed by atoms with van der Waals surface area (Å²) in [5.74, 6) is -0.927. The lowest BCUT2D eigenvalue weighted by Gasteiger charge is -2.30. The normalized spacial score (nSPS) is 15.4. The molecule has 5 nitrogen and oxygen atoms in total. The van der Waals surface area contributed by atoms with E-state index in [0.29, 0.717) is 40.7 Å². The molecule has 0 spiro atoms. The number of carbonyl (C=O) groups excluding carboxylic acids is 2. The Hall–Kier alpha value is -2.80. The van der Waals surface area contributed by atoms with Crippen molar-refractivity contribution in [1.29, 1.82) is 0 Å². The average molecular weight is 412 g/mol. The van der Waals surface area contributed by atoms with Crippen molar-refractivity contribution < 1.29 is 14.0 Å². The quantitative estimate of drug-likeness (QED) is 0.636. The van der Waals surface area contributed by atoms with Gasteiger partial charge in [0.05, 0.1) is 17.1 Å². The average Bonchev–Trinajstić information content (AvgIpc) is 2.97. The minimum atomic E-state index is -0.517. The maximum absolute atomic E-state index is 13.9. The summed E-state index contributed by atoms with van der Waals surface area (Å²) in [7, 11) is 0. The summed E-state index contributed by atoms with van der Waals surface area (Å²) >= 11 is 1.18. The smallest absolute Gasteiger partial charge is 0.268 e. The van der Waals surface area contributed by atoms with Gasteiger partial charge in [-0.25, -0.2) is 9.37 Å². The Balaban J connectivity index is 1.84. The first-order valence-corrected chi connectivity index (χ1v) is 10.4. The number of rotatable bonds is 3. The number of anilines is 2. The molecule has 0 aliphatic heterocycles. The number of para-hydroxylation sites is 1. The second kappa shape index (κ2) is 6.91. The van der Waals surface area contributed by atoms with Gasteiger partial charge in [-0.3, -0.25) is 9.59 Å². The number of halogens is 1. The highest BCUT2D eigenvalue weighted by Gasteiger charge is 2.35. The first-order chi connectivity index (χ1) is 13.7. The molecule has 2 heterocycles. The number of benzene rings is 1. The molecule has 0 unspecified atom stereocenters. The number of nitrogens with two attached hydrogens (primary N) is 1. The molecule has 1 amide bonds. The van der Waals surface area contributed by atoms with E-state index in [4.69, 9.17) is 10.7 Å². The van der Waals surface area contributed by atoms with E-state index in [-0.39, 0.29) is 21.8 Å². The van der Waals surface area contributed by atoms with Crippen LogP contribution in [0.3, 0.4) is 0 Å². The summed E-state index contributed by atoms with van der Waals surface area (Å²) in [6.07, 6.45) is 1.78. The molecular weight excluding hydrogens is 389 g/mol. The van der Waals surface area contributed by atoms with Crippen LogP contribution in [-0.4, -0.2) is 16.7 Å². The van der Waals surface area contributed by atoms with Gasteiger partial charge in [-0.1, -0.05) is 32.9 Å². The molecular formula is C22H22FN3O2S. The van der Waals surface area contributed by atoms with Crippen LogP contribution in [0.4, 0.5) is 15.8 Å². The summed E-state index contributed by atoms with van der Waals surface area (Å²) in [6.45, 7) is 6.08. The molecule has 3 aromatic rings. The maximum Gasteiger partial charge on any atom is 0.268 e. The van der Waals surface area contributed by atoms with Gasteiger partial charge >= 0.3 is 0 Å². The van der Waals surface area contributed by atoms with Crippen LogP contribution in [0.1, 0.15) is 58.5 Å². The number of pyridine rings is 1. The van der Waals surface area contributed by atoms with E-state index < -0.39 is 11.7 Å². The highest BCUT2D eigenvalue weighted by atomic mass is 32.1. The number of amides is 1. The number of thiophene rings is 1. The number of aryl methyl sites for hydroxylation is 1. The fraction of sp³-hybridized carbons (Fsp3) is 0.318. The first-order valence-electron chi connectivity index (χ1n) is 9.54. The van der Waals surface area contributed by atoms with Crippen molar-refractivity contribution in [2.75, 3.05) is 11.1 Å². The topological polar surface area (TPSA) is 85.1 Å². The highest BCUT2D eigenvalue weighted by molar-refractivity contribution is 7.21. The zero-order chi connectivity index (χ0) is 20.9. The van der Waals surface area contributed by atoms with Crippen LogP contribution in [0.25, 0.3) is 10.2 Å². The van der Waals surface area contributed by atoms with Crippen molar-refractivity contribution in [3.63, 3.8) is 0 Å². The summed E-state index contributed by atoms with van der Waals surface area (Å²) in [5.41, 5.74) is 8.87. The molecule has 0 bridgehead atoms. The van der Waals surface area contributed by atoms with Crippen molar-refractivity contribution in [2.45, 2.75) is 40.0 Å². The molecule has 29 heavy (non-hydrogen) atoms. The summed E-state index contributed by atoms with van der Waals surface area (Å²) < 4.78 is 13.9. The number of nitrogens with zero attached hydrogens (tertiary/aromatic N) is 1. The first kappa shape index (κ1) is 19.5. The number of Topliss-reactive ketones (excluding diaryl/α,β-unsaturated/α-hetero) is 1. The molecule has 0 fully saturated rings. The van der Waals surface area contributed by atoms with Crippen LogP contribution in [0.5, 0.6) is 0 Å². The molecule has 3 N–H and O–H groups in total. The lowest BCUT2D eigenvalue weighted by Crippen LogP contribution is -2.29. The molecule has 2 aromatic heterocycles. The lowest BCUT2D eigenvalue weighted by atomic mass is 9.74. The molecule has 0 saturated carbocycles. The van der Waals surface area contributed by atoms with Gasteiger partial charge in [0.2, 0.25) is 0 Å². The van der Waals surface area contributed by atoms with Crippen LogP contribution < -0.4 is 11.1 Å². The van der Waals surface area contributed by atoms with Gasteiger partial charge in [0.1, 0.15) is 15.5 Å². The van der Waals surface area contributed by atoms with Crippen molar-refractivity contribution in [1.82, 2.24) is 4.98 Å². The van der Waals surface area contributed by atoms with Gasteiger partial charge in [-0.2, -0.15) is 0 Å². The predicted molar refractivity (Wildman–Crippen MR) is 114 cm³/mol. The van der Waals surface area contributed by atoms with E-state index in [0.717, 1.165) is 11.3 Å². The van der Waals surface area contributed by atoms with Gasteiger partial charge in [0, 0.05) is 17.4 Å². The van der Waals surface area contributed by atoms with Gasteiger partial charge in [0.15, 0.2) is 5.78 Å². The molecule has 7 heteroatoms. The Morgan fingerprint density at radius 3 is 2.72 bits per heavy atom. The Morgan fingerprint density at radius 2 is 2.03 bits per heavy atom. The van der Waals surface area contributed by atoms with Crippen molar-refractivity contribution in [2.24, 2.45) is 5.41 Å². The van der Waals surface area contributed by atoms with Crippen LogP contribution >= 0.6 is 11.3 Å². The third kappa shape index (κ3) is 3.29. The highest BCUT2D eigenvalue weighted by Crippen LogP contribution is 2.42. The fourth-order valence-corrected chi connectivity index (χ4v) is 5.08. The third-order valence-electron chi connectivity index (χ3n) is 5.30. The number of hydrogen-bond acceptors (Lipinski definition) is 5. The zero-order valence-corrected chi connectivity index (χ0v) is 17.4. The Kier molecular flexibility index (Phi) is 4.65. The molecule has 1 aliphatic rings. The Morgan fingerprint density at radius 1 is 1.31 bits per heavy atom. The minimum Gasteiger partial charge on any atom is -0.397 e. The molecule has 1 aromatic carbocycles. The summed E-state index contributed by atoms with van der Waals surface area (Å²) in [5, 5.41) is 3.25. The fourth-order valence-electron chi connectivity index (χ4n) is 4.04. The summed E-state index contributed by atoms with van der Waals surface area (Å²) in [4.78, 5) is 31.3. The van der Waals surface area contributed by atoms with Crippen LogP contribution in [0, 0.1) is 11.2 Å². The SMILES string of the molecule is CCc1c2c(nc3sc(C(=O)Nc4ccccc4F)c(N)c13)CC(C)(C)CC2=O. The van der Waals surface area contributed by atoms with E-state index in [2.05, 4.69) is 19.2 Å². The maximum atomic E-state index is 13.9. The van der Waals surface area contributed by atoms with Gasteiger partial charge in [-0.05, 0) is 36.0 Å². The molecule has 0 atom stereocenters. The lowest BCUT2D eigenvalue weighted by molar-refractivity contribution is 0.0909. The monoisotopic (exact) mass is 411 g/mol. The molecule has 150 valence electrons. The number of nitrogens with one attached hydrogen (secondary N) is 1. The molecule has 4 rings (SSSR count). The van der Waals surface area contributed by atoms with E-state index >= 15 is 0 Å². The van der Waals surface area contributed by atoms with E-state index in [1.807, 2.05) is 6.92 Å². The third-order valence-corrected chi connectivity index (χ3v) is 6.40. The van der Waals surface area contributed by atoms with Crippen molar-refractivity contribution in [3.05, 3.63) is 51.8 Å². The number of ketones is 1.